The molecule has 4 aliphatic rings. The molecule has 1 aromatic carbocycles. The van der Waals surface area contributed by atoms with E-state index < -0.39 is 70.1 Å². The van der Waals surface area contributed by atoms with Crippen LogP contribution in [0.2, 0.25) is 0 Å². The minimum atomic E-state index is -2.91. The Kier molecular flexibility index (Phi) is 5.63. The number of amides is 1. The maximum absolute atomic E-state index is 14.0. The molecule has 0 aromatic heterocycles. The maximum Gasteiger partial charge on any atom is 0.255 e. The molecule has 0 heterocycles. The predicted molar refractivity (Wildman–Crippen MR) is 131 cm³/mol. The van der Waals surface area contributed by atoms with Gasteiger partial charge in [-0.15, -0.1) is 0 Å². The molecule has 4 aliphatic carbocycles. The first-order chi connectivity index (χ1) is 17.3. The lowest BCUT2D eigenvalue weighted by atomic mass is 9.54. The van der Waals surface area contributed by atoms with Crippen molar-refractivity contribution in [3.8, 4) is 5.75 Å². The van der Waals surface area contributed by atoms with Crippen molar-refractivity contribution >= 4 is 23.2 Å². The SMILES string of the molecule is CC1c2ccc(C3C=CCC3)c(O)c2C(O)=C2C(=O)C3(O)C(O)=C(C(N)=O)C(=O)C(N(C)C)C3C(O)C21. The van der Waals surface area contributed by atoms with E-state index in [1.807, 2.05) is 12.2 Å². The second-order valence-electron chi connectivity index (χ2n) is 10.6. The molecule has 5 rings (SSSR count). The number of Topliss-reactive ketones (excluding diaryl/α,β-unsaturated/α-hetero) is 2. The number of hydrogen-bond donors (Lipinski definition) is 6. The topological polar surface area (TPSA) is 182 Å². The van der Waals surface area contributed by atoms with Crippen LogP contribution >= 0.6 is 0 Å². The number of phenols is 1. The van der Waals surface area contributed by atoms with E-state index >= 15 is 0 Å². The zero-order chi connectivity index (χ0) is 27.1. The van der Waals surface area contributed by atoms with E-state index in [0.29, 0.717) is 11.1 Å². The van der Waals surface area contributed by atoms with Gasteiger partial charge in [-0.1, -0.05) is 31.2 Å². The average molecular weight is 511 g/mol. The molecular weight excluding hydrogens is 480 g/mol. The van der Waals surface area contributed by atoms with E-state index in [0.717, 1.165) is 12.8 Å². The van der Waals surface area contributed by atoms with Gasteiger partial charge in [-0.2, -0.15) is 0 Å². The number of allylic oxidation sites excluding steroid dienone is 2. The summed E-state index contributed by atoms with van der Waals surface area (Å²) in [5.41, 5.74) is 2.19. The van der Waals surface area contributed by atoms with Crippen LogP contribution in [-0.4, -0.2) is 79.7 Å². The summed E-state index contributed by atoms with van der Waals surface area (Å²) in [6.45, 7) is 1.71. The van der Waals surface area contributed by atoms with Crippen LogP contribution in [0.25, 0.3) is 5.76 Å². The molecule has 1 amide bonds. The van der Waals surface area contributed by atoms with Crippen molar-refractivity contribution in [2.75, 3.05) is 14.1 Å². The van der Waals surface area contributed by atoms with Gasteiger partial charge in [-0.3, -0.25) is 19.3 Å². The molecular formula is C27H30N2O8. The zero-order valence-corrected chi connectivity index (χ0v) is 20.7. The lowest BCUT2D eigenvalue weighted by Crippen LogP contribution is -2.70. The molecule has 7 unspecified atom stereocenters. The van der Waals surface area contributed by atoms with Crippen LogP contribution in [0, 0.1) is 11.8 Å². The largest absolute Gasteiger partial charge is 0.508 e. The predicted octanol–water partition coefficient (Wildman–Crippen LogP) is 0.929. The first-order valence-corrected chi connectivity index (χ1v) is 12.2. The van der Waals surface area contributed by atoms with Gasteiger partial charge in [0, 0.05) is 23.0 Å². The number of phenolic OH excluding ortho intramolecular Hbond substituents is 1. The Morgan fingerprint density at radius 2 is 1.78 bits per heavy atom. The molecule has 0 aliphatic heterocycles. The highest BCUT2D eigenvalue weighted by molar-refractivity contribution is 6.24. The number of hydrogen-bond acceptors (Lipinski definition) is 9. The van der Waals surface area contributed by atoms with Crippen LogP contribution in [0.15, 0.2) is 41.2 Å². The van der Waals surface area contributed by atoms with E-state index in [1.54, 1.807) is 19.1 Å². The molecule has 1 fully saturated rings. The smallest absolute Gasteiger partial charge is 0.255 e. The van der Waals surface area contributed by atoms with Crippen LogP contribution in [0.1, 0.15) is 48.3 Å². The summed E-state index contributed by atoms with van der Waals surface area (Å²) in [6.07, 6.45) is 3.96. The Bertz CT molecular complexity index is 1340. The first-order valence-electron chi connectivity index (χ1n) is 12.2. The Morgan fingerprint density at radius 3 is 2.35 bits per heavy atom. The fourth-order valence-electron chi connectivity index (χ4n) is 6.82. The maximum atomic E-state index is 14.0. The molecule has 37 heavy (non-hydrogen) atoms. The summed E-state index contributed by atoms with van der Waals surface area (Å²) in [5.74, 6) is -8.83. The summed E-state index contributed by atoms with van der Waals surface area (Å²) in [7, 11) is 2.95. The number of likely N-dealkylation sites (N-methyl/N-ethyl adjacent to an activating group) is 1. The lowest BCUT2D eigenvalue weighted by Gasteiger charge is -2.53. The number of carbonyl (C=O) groups is 3. The second kappa shape index (κ2) is 8.27. The van der Waals surface area contributed by atoms with E-state index in [9.17, 15) is 39.9 Å². The van der Waals surface area contributed by atoms with Gasteiger partial charge in [-0.25, -0.2) is 0 Å². The average Bonchev–Trinajstić information content (AvgIpc) is 3.35. The van der Waals surface area contributed by atoms with Crippen LogP contribution in [0.5, 0.6) is 5.75 Å². The summed E-state index contributed by atoms with van der Waals surface area (Å²) < 4.78 is 0. The molecule has 1 saturated carbocycles. The van der Waals surface area contributed by atoms with Gasteiger partial charge in [0.1, 0.15) is 22.8 Å². The zero-order valence-electron chi connectivity index (χ0n) is 20.7. The number of nitrogens with two attached hydrogens (primary N) is 1. The van der Waals surface area contributed by atoms with Crippen molar-refractivity contribution < 1.29 is 39.9 Å². The molecule has 7 N–H and O–H groups in total. The van der Waals surface area contributed by atoms with Crippen molar-refractivity contribution in [1.29, 1.82) is 0 Å². The van der Waals surface area contributed by atoms with E-state index in [2.05, 4.69) is 0 Å². The molecule has 10 heteroatoms. The highest BCUT2D eigenvalue weighted by atomic mass is 16.4. The van der Waals surface area contributed by atoms with Crippen molar-refractivity contribution in [1.82, 2.24) is 4.90 Å². The number of rotatable bonds is 3. The fraction of sp³-hybridized carbons (Fsp3) is 0.444. The summed E-state index contributed by atoms with van der Waals surface area (Å²) in [6, 6.07) is 2.13. The van der Waals surface area contributed by atoms with Crippen molar-refractivity contribution in [3.05, 3.63) is 57.9 Å². The first kappa shape index (κ1) is 25.2. The molecule has 7 atom stereocenters. The summed E-state index contributed by atoms with van der Waals surface area (Å²) in [5, 5.41) is 56.9. The van der Waals surface area contributed by atoms with Gasteiger partial charge in [-0.05, 0) is 38.4 Å². The highest BCUT2D eigenvalue weighted by Gasteiger charge is 2.68. The second-order valence-corrected chi connectivity index (χ2v) is 10.6. The Hall–Kier alpha value is -3.47. The van der Waals surface area contributed by atoms with Gasteiger partial charge in [0.05, 0.1) is 23.6 Å². The van der Waals surface area contributed by atoms with Crippen molar-refractivity contribution in [3.63, 3.8) is 0 Å². The molecule has 0 saturated heterocycles. The highest BCUT2D eigenvalue weighted by Crippen LogP contribution is 2.56. The van der Waals surface area contributed by atoms with Gasteiger partial charge < -0.3 is 31.3 Å². The monoisotopic (exact) mass is 510 g/mol. The Balaban J connectivity index is 1.77. The van der Waals surface area contributed by atoms with Gasteiger partial charge >= 0.3 is 0 Å². The van der Waals surface area contributed by atoms with Crippen LogP contribution in [0.4, 0.5) is 0 Å². The van der Waals surface area contributed by atoms with Gasteiger partial charge in [0.2, 0.25) is 5.78 Å². The third-order valence-corrected chi connectivity index (χ3v) is 8.57. The van der Waals surface area contributed by atoms with Crippen LogP contribution in [0.3, 0.4) is 0 Å². The molecule has 10 nitrogen and oxygen atoms in total. The fourth-order valence-corrected chi connectivity index (χ4v) is 6.82. The number of carbonyl (C=O) groups excluding carboxylic acids is 3. The van der Waals surface area contributed by atoms with E-state index in [1.165, 1.54) is 19.0 Å². The molecule has 0 radical (unpaired) electrons. The minimum absolute atomic E-state index is 0.0220. The van der Waals surface area contributed by atoms with Gasteiger partial charge in [0.25, 0.3) is 5.91 Å². The normalized spacial score (nSPS) is 35.1. The Morgan fingerprint density at radius 1 is 1.14 bits per heavy atom. The van der Waals surface area contributed by atoms with Gasteiger partial charge in [0.15, 0.2) is 11.4 Å². The third-order valence-electron chi connectivity index (χ3n) is 8.57. The van der Waals surface area contributed by atoms with E-state index in [-0.39, 0.29) is 22.8 Å². The lowest BCUT2D eigenvalue weighted by molar-refractivity contribution is -0.169. The minimum Gasteiger partial charge on any atom is -0.508 e. The molecule has 196 valence electrons. The number of aliphatic hydroxyl groups excluding tert-OH is 3. The van der Waals surface area contributed by atoms with Crippen LogP contribution in [-0.2, 0) is 14.4 Å². The summed E-state index contributed by atoms with van der Waals surface area (Å²) >= 11 is 0. The number of ketones is 2. The number of primary amides is 1. The number of aromatic hydroxyl groups is 1. The number of fused-ring (bicyclic) bond motifs is 3. The third kappa shape index (κ3) is 3.12. The molecule has 0 bridgehead atoms. The standard InChI is InChI=1S/C27H30N2O8/c1-10-12-8-9-13(11-6-4-5-7-11)20(30)15(12)21(31)16-14(10)22(32)18-19(29(2)3)23(33)17(26(28)36)25(35)27(18,37)24(16)34/h4,6,8-11,14,18-19,22,30-32,35,37H,5,7H2,1-3H3,(H2,28,36). The molecule has 0 spiro atoms. The van der Waals surface area contributed by atoms with Crippen LogP contribution < -0.4 is 5.73 Å². The number of aliphatic hydroxyl groups is 4. The molecule has 1 aromatic rings. The van der Waals surface area contributed by atoms with E-state index in [4.69, 9.17) is 5.73 Å². The van der Waals surface area contributed by atoms with Crippen molar-refractivity contribution in [2.24, 2.45) is 17.6 Å². The Labute approximate surface area is 213 Å². The number of nitrogens with zero attached hydrogens (tertiary/aromatic N) is 1. The number of benzene rings is 1. The summed E-state index contributed by atoms with van der Waals surface area (Å²) in [4.78, 5) is 40.6. The quantitative estimate of drug-likeness (QED) is 0.254. The van der Waals surface area contributed by atoms with Crippen molar-refractivity contribution in [2.45, 2.75) is 49.3 Å².